The first-order valence-corrected chi connectivity index (χ1v) is 19.7. The average molecular weight is 774 g/mol. The van der Waals surface area contributed by atoms with E-state index in [1.807, 2.05) is 0 Å². The largest absolute Gasteiger partial charge is 0.582 e. The molecule has 7 heterocycles. The molecule has 0 aromatic carbocycles. The fourth-order valence-corrected chi connectivity index (χ4v) is 7.92. The van der Waals surface area contributed by atoms with Crippen LogP contribution in [-0.2, 0) is 32.4 Å². The summed E-state index contributed by atoms with van der Waals surface area (Å²) in [5, 5.41) is 23.0. The van der Waals surface area contributed by atoms with Gasteiger partial charge in [0.2, 0.25) is 5.88 Å². The first-order chi connectivity index (χ1) is 24.2. The summed E-state index contributed by atoms with van der Waals surface area (Å²) < 4.78 is 75.8. The third-order valence-corrected chi connectivity index (χ3v) is 10.1. The van der Waals surface area contributed by atoms with E-state index in [0.29, 0.717) is 23.5 Å². The molecule has 2 unspecified atom stereocenters. The molecule has 11 atom stereocenters. The van der Waals surface area contributed by atoms with E-state index < -0.39 is 82.4 Å². The smallest absolute Gasteiger partial charge is 0.472 e. The van der Waals surface area contributed by atoms with E-state index in [-0.39, 0.29) is 23.7 Å². The van der Waals surface area contributed by atoms with E-state index in [2.05, 4.69) is 59.7 Å². The highest BCUT2D eigenvalue weighted by Crippen LogP contribution is 2.53. The molecule has 3 fully saturated rings. The number of thiol groups is 2. The fourth-order valence-electron chi connectivity index (χ4n) is 6.34. The molecule has 2 bridgehead atoms. The predicted molar refractivity (Wildman–Crippen MR) is 177 cm³/mol. The number of aliphatic hydroxyl groups is 2. The van der Waals surface area contributed by atoms with Gasteiger partial charge >= 0.3 is 14.5 Å². The second-order valence-electron chi connectivity index (χ2n) is 11.3. The summed E-state index contributed by atoms with van der Waals surface area (Å²) in [6, 6.07) is 0. The molecular formula is C26H30FN9O10P2S2+2. The zero-order chi connectivity index (χ0) is 35.2. The van der Waals surface area contributed by atoms with Gasteiger partial charge < -0.3 is 34.5 Å². The highest BCUT2D eigenvalue weighted by atomic mass is 32.7. The molecule has 3 aliphatic heterocycles. The van der Waals surface area contributed by atoms with Crippen molar-refractivity contribution in [1.82, 2.24) is 39.0 Å². The molecule has 4 aromatic heterocycles. The minimum Gasteiger partial charge on any atom is -0.472 e. The molecule has 50 heavy (non-hydrogen) atoms. The number of fused-ring (bicyclic) bond motifs is 4. The van der Waals surface area contributed by atoms with E-state index in [9.17, 15) is 19.3 Å². The van der Waals surface area contributed by atoms with Crippen LogP contribution in [0, 0.1) is 0 Å². The topological polar surface area (TPSA) is 229 Å². The Hall–Kier alpha value is -3.01. The number of hydrogen-bond donors (Lipinski definition) is 5. The van der Waals surface area contributed by atoms with Gasteiger partial charge in [-0.05, 0) is 22.1 Å². The van der Waals surface area contributed by atoms with Crippen LogP contribution < -0.4 is 10.1 Å². The molecule has 4 aromatic rings. The zero-order valence-corrected chi connectivity index (χ0v) is 29.4. The molecule has 266 valence electrons. The summed E-state index contributed by atoms with van der Waals surface area (Å²) in [5.41, 5.74) is 0.124. The van der Waals surface area contributed by atoms with Crippen molar-refractivity contribution in [2.45, 2.75) is 61.7 Å². The Kier molecular flexibility index (Phi) is 10.3. The summed E-state index contributed by atoms with van der Waals surface area (Å²) in [6.07, 6.45) is 0.726. The molecule has 24 heteroatoms. The zero-order valence-electron chi connectivity index (χ0n) is 25.8. The van der Waals surface area contributed by atoms with Crippen molar-refractivity contribution in [3.05, 3.63) is 37.5 Å². The highest BCUT2D eigenvalue weighted by Gasteiger charge is 2.69. The Balaban J connectivity index is 0.984. The summed E-state index contributed by atoms with van der Waals surface area (Å²) in [4.78, 5) is 25.7. The van der Waals surface area contributed by atoms with Crippen LogP contribution in [0.25, 0.3) is 22.3 Å². The number of anilines is 1. The lowest BCUT2D eigenvalue weighted by atomic mass is 9.94. The van der Waals surface area contributed by atoms with E-state index >= 15 is 4.39 Å². The molecule has 0 radical (unpaired) electrons. The number of ether oxygens (including phenoxy) is 4. The summed E-state index contributed by atoms with van der Waals surface area (Å²) in [6.45, 7) is 1.20. The molecule has 0 aliphatic carbocycles. The standard InChI is InChI=1S/C26H28FN9O10P2S2/c1-12-26(7-38)19(46-48(40)50)18(42-12)25(44-26)36-10-33-15-20(29-8-30-21(15)36)28-4-2-3-5-41-23-16-22(31-9-32-23)35(11-34-16)24-14(27)17(45-47(39)49)13(6-37)43-24/h2-3,8-14,17-19,24-25,37-38H,4-7H2,1H3,(H-2,28,29,30,39,40,49,50)/p+2/b3-2+/t12-,13+,14+,17+,18+,19-,24+,25+,26-/m0/s1. The summed E-state index contributed by atoms with van der Waals surface area (Å²) in [5.74, 6) is 0.589. The van der Waals surface area contributed by atoms with Gasteiger partial charge in [-0.1, -0.05) is 6.08 Å². The van der Waals surface area contributed by atoms with E-state index in [4.69, 9.17) is 28.0 Å². The number of hydrogen-bond acceptors (Lipinski definition) is 17. The molecule has 0 saturated carbocycles. The van der Waals surface area contributed by atoms with Crippen LogP contribution in [-0.4, -0.2) is 118 Å². The van der Waals surface area contributed by atoms with E-state index in [1.165, 1.54) is 29.9 Å². The third-order valence-electron chi connectivity index (χ3n) is 8.66. The maximum atomic E-state index is 15.3. The number of alkyl halides is 1. The van der Waals surface area contributed by atoms with E-state index in [1.54, 1.807) is 23.6 Å². The first-order valence-electron chi connectivity index (χ1n) is 15.0. The van der Waals surface area contributed by atoms with E-state index in [0.717, 1.165) is 0 Å². The Morgan fingerprint density at radius 3 is 2.40 bits per heavy atom. The van der Waals surface area contributed by atoms with Gasteiger partial charge in [0.25, 0.3) is 0 Å². The quantitative estimate of drug-likeness (QED) is 0.0703. The van der Waals surface area contributed by atoms with Crippen LogP contribution in [0.2, 0.25) is 0 Å². The number of aromatic nitrogens is 8. The van der Waals surface area contributed by atoms with Crippen LogP contribution in [0.3, 0.4) is 0 Å². The molecule has 3 saturated heterocycles. The van der Waals surface area contributed by atoms with Crippen LogP contribution in [0.15, 0.2) is 37.5 Å². The van der Waals surface area contributed by atoms with Gasteiger partial charge in [0.05, 0.1) is 32.0 Å². The third kappa shape index (κ3) is 6.25. The van der Waals surface area contributed by atoms with Gasteiger partial charge in [-0.2, -0.15) is 4.98 Å². The molecule has 3 aliphatic rings. The van der Waals surface area contributed by atoms with Crippen molar-refractivity contribution in [3.63, 3.8) is 0 Å². The minimum absolute atomic E-state index is 0.101. The number of rotatable bonds is 14. The second kappa shape index (κ2) is 14.5. The molecule has 0 spiro atoms. The number of imidazole rings is 2. The average Bonchev–Trinajstić information content (AvgIpc) is 3.90. The second-order valence-corrected chi connectivity index (χ2v) is 14.7. The van der Waals surface area contributed by atoms with Gasteiger partial charge in [-0.15, -0.1) is 9.05 Å². The number of nitrogens with zero attached hydrogens (tertiary/aromatic N) is 8. The Morgan fingerprint density at radius 2 is 1.68 bits per heavy atom. The van der Waals surface area contributed by atoms with Crippen molar-refractivity contribution in [2.75, 3.05) is 31.7 Å². The van der Waals surface area contributed by atoms with Crippen molar-refractivity contribution >= 4 is 67.1 Å². The maximum Gasteiger partial charge on any atom is 0.582 e. The lowest BCUT2D eigenvalue weighted by molar-refractivity contribution is -0.216. The minimum atomic E-state index is -2.44. The normalized spacial score (nSPS) is 31.3. The van der Waals surface area contributed by atoms with Crippen LogP contribution in [0.1, 0.15) is 19.4 Å². The Morgan fingerprint density at radius 1 is 0.980 bits per heavy atom. The SMILES string of the molecule is C[C@@H]1O[C@H]2[C@H](n3cnc4c(NC/C=C/COc5ncnc6c5ncn6[C@@H]5O[C@H](CO)[C@@H](O[P+](=O)S)[C@H]5F)ncnc43)O[C@]1(CO)[C@H]2O[P+](=O)S. The first kappa shape index (κ1) is 35.4. The van der Waals surface area contributed by atoms with Crippen LogP contribution >= 0.6 is 39.0 Å². The number of nitrogens with one attached hydrogen (secondary N) is 1. The van der Waals surface area contributed by atoms with Crippen molar-refractivity contribution < 1.29 is 51.7 Å². The van der Waals surface area contributed by atoms with Gasteiger partial charge in [0.1, 0.15) is 56.0 Å². The molecule has 0 amide bonds. The number of halogens is 1. The highest BCUT2D eigenvalue weighted by molar-refractivity contribution is 8.39. The van der Waals surface area contributed by atoms with Gasteiger partial charge in [-0.25, -0.2) is 29.3 Å². The van der Waals surface area contributed by atoms with Gasteiger partial charge in [0.15, 0.2) is 64.6 Å². The molecular weight excluding hydrogens is 743 g/mol. The molecule has 19 nitrogen and oxygen atoms in total. The summed E-state index contributed by atoms with van der Waals surface area (Å²) in [7, 11) is -4.73. The van der Waals surface area contributed by atoms with Gasteiger partial charge in [-0.3, -0.25) is 9.13 Å². The summed E-state index contributed by atoms with van der Waals surface area (Å²) >= 11 is 7.55. The van der Waals surface area contributed by atoms with Crippen molar-refractivity contribution in [3.8, 4) is 5.88 Å². The predicted octanol–water partition coefficient (Wildman–Crippen LogP) is 2.23. The van der Waals surface area contributed by atoms with Crippen molar-refractivity contribution in [2.24, 2.45) is 0 Å². The van der Waals surface area contributed by atoms with Crippen LogP contribution in [0.5, 0.6) is 5.88 Å². The monoisotopic (exact) mass is 773 g/mol. The molecule has 7 rings (SSSR count). The maximum absolute atomic E-state index is 15.3. The number of aliphatic hydroxyl groups excluding tert-OH is 2. The lowest BCUT2D eigenvalue weighted by Crippen LogP contribution is -2.49. The molecule has 3 N–H and O–H groups in total. The van der Waals surface area contributed by atoms with Crippen LogP contribution in [0.4, 0.5) is 10.2 Å². The van der Waals surface area contributed by atoms with Crippen molar-refractivity contribution in [1.29, 1.82) is 0 Å². The Labute approximate surface area is 294 Å². The van der Waals surface area contributed by atoms with Gasteiger partial charge in [0, 0.05) is 6.54 Å². The Bertz CT molecular complexity index is 1950. The fraction of sp³-hybridized carbons (Fsp3) is 0.538. The lowest BCUT2D eigenvalue weighted by Gasteiger charge is -2.34.